The number of aliphatic hydroxyl groups excluding tert-OH is 1. The fourth-order valence-corrected chi connectivity index (χ4v) is 3.44. The van der Waals surface area contributed by atoms with Gasteiger partial charge in [-0.15, -0.1) is 0 Å². The van der Waals surface area contributed by atoms with Crippen molar-refractivity contribution in [3.05, 3.63) is 70.8 Å². The molecule has 0 radical (unpaired) electrons. The summed E-state index contributed by atoms with van der Waals surface area (Å²) in [5.74, 6) is 0. The van der Waals surface area contributed by atoms with Crippen LogP contribution in [0, 0.1) is 0 Å². The highest BCUT2D eigenvalue weighted by atomic mass is 16.3. The molecule has 1 aliphatic rings. The van der Waals surface area contributed by atoms with Gasteiger partial charge < -0.3 is 10.0 Å². The lowest BCUT2D eigenvalue weighted by Gasteiger charge is -2.21. The summed E-state index contributed by atoms with van der Waals surface area (Å²) in [5.41, 5.74) is 5.33. The van der Waals surface area contributed by atoms with Crippen LogP contribution in [-0.2, 0) is 19.4 Å². The highest BCUT2D eigenvalue weighted by molar-refractivity contribution is 5.34. The summed E-state index contributed by atoms with van der Waals surface area (Å²) in [4.78, 5) is 2.27. The number of benzene rings is 2. The van der Waals surface area contributed by atoms with E-state index in [1.807, 2.05) is 6.07 Å². The molecule has 0 fully saturated rings. The van der Waals surface area contributed by atoms with Crippen molar-refractivity contribution in [3.63, 3.8) is 0 Å². The zero-order valence-electron chi connectivity index (χ0n) is 14.0. The lowest BCUT2D eigenvalue weighted by Crippen LogP contribution is -2.21. The van der Waals surface area contributed by atoms with E-state index in [2.05, 4.69) is 54.4 Å². The molecule has 1 aliphatic carbocycles. The number of aliphatic hydroxyl groups is 1. The third-order valence-electron chi connectivity index (χ3n) is 4.84. The molecular formula is C21H27NO. The first-order valence-electron chi connectivity index (χ1n) is 8.74. The van der Waals surface area contributed by atoms with Crippen molar-refractivity contribution >= 4 is 0 Å². The number of hydrogen-bond donors (Lipinski definition) is 1. The average molecular weight is 309 g/mol. The van der Waals surface area contributed by atoms with Gasteiger partial charge in [-0.2, -0.15) is 0 Å². The predicted molar refractivity (Wildman–Crippen MR) is 95.4 cm³/mol. The van der Waals surface area contributed by atoms with Crippen molar-refractivity contribution in [2.45, 2.75) is 44.8 Å². The molecule has 1 atom stereocenters. The standard InChI is InChI=1S/C21H27NO/c1-22(16-17-7-3-2-4-8-17)14-13-21(23)20-12-11-18-9-5-6-10-19(18)15-20/h2-4,7-8,11-12,15,21,23H,5-6,9-10,13-14,16H2,1H3. The Balaban J connectivity index is 1.53. The van der Waals surface area contributed by atoms with Crippen LogP contribution in [0.25, 0.3) is 0 Å². The van der Waals surface area contributed by atoms with Crippen LogP contribution >= 0.6 is 0 Å². The Kier molecular flexibility index (Phi) is 5.47. The smallest absolute Gasteiger partial charge is 0.0802 e. The van der Waals surface area contributed by atoms with Crippen LogP contribution in [0.3, 0.4) is 0 Å². The first-order chi connectivity index (χ1) is 11.2. The first kappa shape index (κ1) is 16.2. The molecule has 1 unspecified atom stereocenters. The topological polar surface area (TPSA) is 23.5 Å². The highest BCUT2D eigenvalue weighted by Crippen LogP contribution is 2.26. The predicted octanol–water partition coefficient (Wildman–Crippen LogP) is 4.12. The Labute approximate surface area is 139 Å². The van der Waals surface area contributed by atoms with E-state index in [9.17, 15) is 5.11 Å². The molecule has 0 saturated heterocycles. The van der Waals surface area contributed by atoms with Crippen LogP contribution < -0.4 is 0 Å². The molecule has 0 heterocycles. The Bertz CT molecular complexity index is 623. The maximum Gasteiger partial charge on any atom is 0.0802 e. The second-order valence-corrected chi connectivity index (χ2v) is 6.76. The minimum absolute atomic E-state index is 0.361. The lowest BCUT2D eigenvalue weighted by atomic mass is 9.89. The maximum atomic E-state index is 10.5. The minimum Gasteiger partial charge on any atom is -0.388 e. The van der Waals surface area contributed by atoms with E-state index in [0.29, 0.717) is 0 Å². The van der Waals surface area contributed by atoms with Gasteiger partial charge in [-0.25, -0.2) is 0 Å². The summed E-state index contributed by atoms with van der Waals surface area (Å²) in [7, 11) is 2.12. The van der Waals surface area contributed by atoms with Gasteiger partial charge in [0.2, 0.25) is 0 Å². The van der Waals surface area contributed by atoms with Crippen molar-refractivity contribution in [2.24, 2.45) is 0 Å². The van der Waals surface area contributed by atoms with E-state index in [-0.39, 0.29) is 6.10 Å². The fraction of sp³-hybridized carbons (Fsp3) is 0.429. The molecule has 3 rings (SSSR count). The second-order valence-electron chi connectivity index (χ2n) is 6.76. The van der Waals surface area contributed by atoms with E-state index >= 15 is 0 Å². The normalized spacial score (nSPS) is 15.4. The Morgan fingerprint density at radius 2 is 1.74 bits per heavy atom. The number of nitrogens with zero attached hydrogens (tertiary/aromatic N) is 1. The first-order valence-corrected chi connectivity index (χ1v) is 8.74. The van der Waals surface area contributed by atoms with E-state index in [1.165, 1.54) is 42.4 Å². The van der Waals surface area contributed by atoms with Gasteiger partial charge in [-0.3, -0.25) is 0 Å². The molecule has 0 aromatic heterocycles. The van der Waals surface area contributed by atoms with Gasteiger partial charge in [-0.1, -0.05) is 48.5 Å². The fourth-order valence-electron chi connectivity index (χ4n) is 3.44. The SMILES string of the molecule is CN(CCC(O)c1ccc2c(c1)CCCC2)Cc1ccccc1. The van der Waals surface area contributed by atoms with Crippen LogP contribution in [0.1, 0.15) is 47.6 Å². The molecule has 0 spiro atoms. The summed E-state index contributed by atoms with van der Waals surface area (Å²) >= 11 is 0. The van der Waals surface area contributed by atoms with Crippen LogP contribution in [0.4, 0.5) is 0 Å². The van der Waals surface area contributed by atoms with E-state index < -0.39 is 0 Å². The summed E-state index contributed by atoms with van der Waals surface area (Å²) in [6.45, 7) is 1.82. The molecular weight excluding hydrogens is 282 g/mol. The van der Waals surface area contributed by atoms with Gasteiger partial charge in [0, 0.05) is 13.1 Å². The van der Waals surface area contributed by atoms with Crippen molar-refractivity contribution in [1.29, 1.82) is 0 Å². The van der Waals surface area contributed by atoms with E-state index in [4.69, 9.17) is 0 Å². The molecule has 2 nitrogen and oxygen atoms in total. The maximum absolute atomic E-state index is 10.5. The molecule has 2 aromatic carbocycles. The molecule has 0 bridgehead atoms. The molecule has 2 heteroatoms. The van der Waals surface area contributed by atoms with Gasteiger partial charge in [0.15, 0.2) is 0 Å². The summed E-state index contributed by atoms with van der Waals surface area (Å²) in [6, 6.07) is 17.1. The zero-order chi connectivity index (χ0) is 16.1. The molecule has 23 heavy (non-hydrogen) atoms. The van der Waals surface area contributed by atoms with Crippen LogP contribution in [0.5, 0.6) is 0 Å². The third-order valence-corrected chi connectivity index (χ3v) is 4.84. The molecule has 0 aliphatic heterocycles. The number of rotatable bonds is 6. The number of hydrogen-bond acceptors (Lipinski definition) is 2. The zero-order valence-corrected chi connectivity index (χ0v) is 14.0. The second kappa shape index (κ2) is 7.76. The summed E-state index contributed by atoms with van der Waals surface area (Å²) in [6.07, 6.45) is 5.38. The summed E-state index contributed by atoms with van der Waals surface area (Å²) < 4.78 is 0. The number of aryl methyl sites for hydroxylation is 2. The van der Waals surface area contributed by atoms with Crippen LogP contribution in [0.2, 0.25) is 0 Å². The van der Waals surface area contributed by atoms with Gasteiger partial charge >= 0.3 is 0 Å². The van der Waals surface area contributed by atoms with Gasteiger partial charge in [-0.05, 0) is 61.4 Å². The molecule has 122 valence electrons. The molecule has 0 saturated carbocycles. The number of fused-ring (bicyclic) bond motifs is 1. The molecule has 1 N–H and O–H groups in total. The molecule has 2 aromatic rings. The largest absolute Gasteiger partial charge is 0.388 e. The monoisotopic (exact) mass is 309 g/mol. The third kappa shape index (κ3) is 4.43. The van der Waals surface area contributed by atoms with Gasteiger partial charge in [0.25, 0.3) is 0 Å². The van der Waals surface area contributed by atoms with Crippen LogP contribution in [-0.4, -0.2) is 23.6 Å². The summed E-state index contributed by atoms with van der Waals surface area (Å²) in [5, 5.41) is 10.5. The minimum atomic E-state index is -0.361. The lowest BCUT2D eigenvalue weighted by molar-refractivity contribution is 0.147. The van der Waals surface area contributed by atoms with E-state index in [0.717, 1.165) is 25.1 Å². The highest BCUT2D eigenvalue weighted by Gasteiger charge is 2.14. The van der Waals surface area contributed by atoms with Crippen LogP contribution in [0.15, 0.2) is 48.5 Å². The Morgan fingerprint density at radius 1 is 1.00 bits per heavy atom. The Morgan fingerprint density at radius 3 is 2.52 bits per heavy atom. The molecule has 0 amide bonds. The average Bonchev–Trinajstić information content (AvgIpc) is 2.60. The van der Waals surface area contributed by atoms with Crippen molar-refractivity contribution in [3.8, 4) is 0 Å². The van der Waals surface area contributed by atoms with Crippen molar-refractivity contribution in [2.75, 3.05) is 13.6 Å². The Hall–Kier alpha value is -1.64. The quantitative estimate of drug-likeness (QED) is 0.867. The van der Waals surface area contributed by atoms with Crippen molar-refractivity contribution < 1.29 is 5.11 Å². The van der Waals surface area contributed by atoms with E-state index in [1.54, 1.807) is 0 Å². The van der Waals surface area contributed by atoms with Gasteiger partial charge in [0.1, 0.15) is 0 Å². The van der Waals surface area contributed by atoms with Crippen molar-refractivity contribution in [1.82, 2.24) is 4.90 Å². The van der Waals surface area contributed by atoms with Gasteiger partial charge in [0.05, 0.1) is 6.10 Å².